The first-order valence-electron chi connectivity index (χ1n) is 7.53. The second kappa shape index (κ2) is 6.02. The molecular formula is C20H13ClO3. The third kappa shape index (κ3) is 2.74. The van der Waals surface area contributed by atoms with Gasteiger partial charge < -0.3 is 9.15 Å². The van der Waals surface area contributed by atoms with Crippen LogP contribution in [0.1, 0.15) is 5.56 Å². The van der Waals surface area contributed by atoms with Crippen LogP contribution in [0.2, 0.25) is 5.02 Å². The maximum atomic E-state index is 12.1. The van der Waals surface area contributed by atoms with Crippen molar-refractivity contribution in [3.63, 3.8) is 0 Å². The highest BCUT2D eigenvalue weighted by Crippen LogP contribution is 2.26. The third-order valence-electron chi connectivity index (χ3n) is 3.89. The molecule has 0 spiro atoms. The van der Waals surface area contributed by atoms with Crippen molar-refractivity contribution in [1.29, 1.82) is 0 Å². The molecule has 0 bridgehead atoms. The van der Waals surface area contributed by atoms with E-state index in [0.717, 1.165) is 16.3 Å². The summed E-state index contributed by atoms with van der Waals surface area (Å²) in [5, 5.41) is 3.02. The molecule has 4 rings (SSSR count). The lowest BCUT2D eigenvalue weighted by Gasteiger charge is -2.08. The lowest BCUT2D eigenvalue weighted by Crippen LogP contribution is -2.00. The molecule has 0 radical (unpaired) electrons. The van der Waals surface area contributed by atoms with Gasteiger partial charge in [0.15, 0.2) is 0 Å². The summed E-state index contributed by atoms with van der Waals surface area (Å²) >= 11 is 5.97. The van der Waals surface area contributed by atoms with Crippen molar-refractivity contribution in [3.8, 4) is 5.75 Å². The van der Waals surface area contributed by atoms with Gasteiger partial charge in [-0.2, -0.15) is 0 Å². The predicted octanol–water partition coefficient (Wildman–Crippen LogP) is 5.18. The average Bonchev–Trinajstić information content (AvgIpc) is 2.60. The second-order valence-electron chi connectivity index (χ2n) is 5.51. The van der Waals surface area contributed by atoms with Crippen molar-refractivity contribution in [2.24, 2.45) is 0 Å². The van der Waals surface area contributed by atoms with E-state index in [-0.39, 0.29) is 5.63 Å². The molecular weight excluding hydrogens is 324 g/mol. The number of halogens is 1. The summed E-state index contributed by atoms with van der Waals surface area (Å²) < 4.78 is 11.2. The van der Waals surface area contributed by atoms with Gasteiger partial charge in [-0.05, 0) is 41.3 Å². The summed E-state index contributed by atoms with van der Waals surface area (Å²) in [6, 6.07) is 20.5. The zero-order valence-corrected chi connectivity index (χ0v) is 13.4. The minimum absolute atomic E-state index is 0.343. The van der Waals surface area contributed by atoms with Gasteiger partial charge >= 0.3 is 5.63 Å². The van der Waals surface area contributed by atoms with Crippen molar-refractivity contribution < 1.29 is 9.15 Å². The molecule has 0 aliphatic rings. The molecule has 1 heterocycles. The molecule has 0 saturated carbocycles. The van der Waals surface area contributed by atoms with Crippen LogP contribution < -0.4 is 10.4 Å². The lowest BCUT2D eigenvalue weighted by atomic mass is 10.1. The monoisotopic (exact) mass is 336 g/mol. The first kappa shape index (κ1) is 14.8. The van der Waals surface area contributed by atoms with Gasteiger partial charge in [0.1, 0.15) is 17.9 Å². The Labute approximate surface area is 143 Å². The van der Waals surface area contributed by atoms with Crippen molar-refractivity contribution in [2.45, 2.75) is 6.61 Å². The van der Waals surface area contributed by atoms with Crippen LogP contribution in [0.4, 0.5) is 0 Å². The van der Waals surface area contributed by atoms with Gasteiger partial charge in [-0.25, -0.2) is 4.79 Å². The van der Waals surface area contributed by atoms with E-state index in [4.69, 9.17) is 20.8 Å². The zero-order valence-electron chi connectivity index (χ0n) is 12.7. The molecule has 4 heteroatoms. The van der Waals surface area contributed by atoms with Crippen LogP contribution in [0.5, 0.6) is 5.75 Å². The standard InChI is InChI=1S/C20H13ClO3/c21-14-5-3-4-13(10-14)12-23-15-8-9-17-16-6-1-2-7-18(16)20(22)24-19(17)11-15/h1-11H,12H2. The van der Waals surface area contributed by atoms with Gasteiger partial charge in [0.2, 0.25) is 0 Å². The highest BCUT2D eigenvalue weighted by atomic mass is 35.5. The Kier molecular flexibility index (Phi) is 3.71. The van der Waals surface area contributed by atoms with Gasteiger partial charge in [0.05, 0.1) is 5.39 Å². The molecule has 0 atom stereocenters. The molecule has 24 heavy (non-hydrogen) atoms. The topological polar surface area (TPSA) is 39.4 Å². The Hall–Kier alpha value is -2.78. The quantitative estimate of drug-likeness (QED) is 0.382. The fourth-order valence-corrected chi connectivity index (χ4v) is 2.96. The largest absolute Gasteiger partial charge is 0.489 e. The predicted molar refractivity (Wildman–Crippen MR) is 95.8 cm³/mol. The molecule has 0 fully saturated rings. The highest BCUT2D eigenvalue weighted by Gasteiger charge is 2.08. The second-order valence-corrected chi connectivity index (χ2v) is 5.95. The summed E-state index contributed by atoms with van der Waals surface area (Å²) in [5.74, 6) is 0.640. The lowest BCUT2D eigenvalue weighted by molar-refractivity contribution is 0.306. The summed E-state index contributed by atoms with van der Waals surface area (Å²) in [7, 11) is 0. The molecule has 4 aromatic rings. The molecule has 1 aromatic heterocycles. The summed E-state index contributed by atoms with van der Waals surface area (Å²) in [4.78, 5) is 12.1. The SMILES string of the molecule is O=c1oc2cc(OCc3cccc(Cl)c3)ccc2c2ccccc12. The summed E-state index contributed by atoms with van der Waals surface area (Å²) in [5.41, 5.74) is 1.15. The zero-order chi connectivity index (χ0) is 16.5. The minimum atomic E-state index is -0.343. The van der Waals surface area contributed by atoms with E-state index >= 15 is 0 Å². The normalized spacial score (nSPS) is 11.0. The molecule has 0 saturated heterocycles. The van der Waals surface area contributed by atoms with E-state index in [0.29, 0.717) is 28.3 Å². The summed E-state index contributed by atoms with van der Waals surface area (Å²) in [6.07, 6.45) is 0. The van der Waals surface area contributed by atoms with Crippen LogP contribution in [0.3, 0.4) is 0 Å². The molecule has 0 aliphatic carbocycles. The number of hydrogen-bond donors (Lipinski definition) is 0. The molecule has 118 valence electrons. The molecule has 0 aliphatic heterocycles. The average molecular weight is 337 g/mol. The molecule has 0 N–H and O–H groups in total. The summed E-state index contributed by atoms with van der Waals surface area (Å²) in [6.45, 7) is 0.393. The van der Waals surface area contributed by atoms with Gasteiger partial charge in [-0.15, -0.1) is 0 Å². The molecule has 0 amide bonds. The van der Waals surface area contributed by atoms with E-state index in [9.17, 15) is 4.79 Å². The van der Waals surface area contributed by atoms with Crippen LogP contribution in [-0.2, 0) is 6.61 Å². The third-order valence-corrected chi connectivity index (χ3v) is 4.12. The first-order valence-corrected chi connectivity index (χ1v) is 7.91. The Balaban J connectivity index is 1.71. The fourth-order valence-electron chi connectivity index (χ4n) is 2.74. The van der Waals surface area contributed by atoms with Gasteiger partial charge in [0, 0.05) is 16.5 Å². The van der Waals surface area contributed by atoms with Crippen molar-refractivity contribution in [3.05, 3.63) is 87.7 Å². The maximum absolute atomic E-state index is 12.1. The maximum Gasteiger partial charge on any atom is 0.344 e. The van der Waals surface area contributed by atoms with Crippen molar-refractivity contribution in [1.82, 2.24) is 0 Å². The Morgan fingerprint density at radius 3 is 2.54 bits per heavy atom. The van der Waals surface area contributed by atoms with E-state index in [2.05, 4.69) is 0 Å². The van der Waals surface area contributed by atoms with Crippen LogP contribution in [-0.4, -0.2) is 0 Å². The smallest absolute Gasteiger partial charge is 0.344 e. The van der Waals surface area contributed by atoms with Gasteiger partial charge in [-0.3, -0.25) is 0 Å². The van der Waals surface area contributed by atoms with Crippen LogP contribution in [0.15, 0.2) is 75.9 Å². The van der Waals surface area contributed by atoms with Crippen molar-refractivity contribution >= 4 is 33.3 Å². The molecule has 3 nitrogen and oxygen atoms in total. The number of ether oxygens (including phenoxy) is 1. The van der Waals surface area contributed by atoms with Crippen LogP contribution >= 0.6 is 11.6 Å². The van der Waals surface area contributed by atoms with Gasteiger partial charge in [0.25, 0.3) is 0 Å². The van der Waals surface area contributed by atoms with Crippen molar-refractivity contribution in [2.75, 3.05) is 0 Å². The molecule has 3 aromatic carbocycles. The number of rotatable bonds is 3. The first-order chi connectivity index (χ1) is 11.7. The van der Waals surface area contributed by atoms with E-state index in [1.807, 2.05) is 54.6 Å². The highest BCUT2D eigenvalue weighted by molar-refractivity contribution is 6.30. The van der Waals surface area contributed by atoms with Crippen LogP contribution in [0, 0.1) is 0 Å². The Bertz CT molecular complexity index is 1100. The fraction of sp³-hybridized carbons (Fsp3) is 0.0500. The number of hydrogen-bond acceptors (Lipinski definition) is 3. The van der Waals surface area contributed by atoms with E-state index in [1.54, 1.807) is 12.1 Å². The Morgan fingerprint density at radius 2 is 1.71 bits per heavy atom. The Morgan fingerprint density at radius 1 is 0.875 bits per heavy atom. The minimum Gasteiger partial charge on any atom is -0.489 e. The van der Waals surface area contributed by atoms with Crippen LogP contribution in [0.25, 0.3) is 21.7 Å². The number of benzene rings is 3. The van der Waals surface area contributed by atoms with Gasteiger partial charge in [-0.1, -0.05) is 41.9 Å². The van der Waals surface area contributed by atoms with E-state index in [1.165, 1.54) is 0 Å². The number of fused-ring (bicyclic) bond motifs is 3. The molecule has 0 unspecified atom stereocenters. The van der Waals surface area contributed by atoms with E-state index < -0.39 is 0 Å².